The first-order chi connectivity index (χ1) is 24.4. The van der Waals surface area contributed by atoms with Gasteiger partial charge in [-0.2, -0.15) is 0 Å². The molecule has 2 nitrogen and oxygen atoms in total. The van der Waals surface area contributed by atoms with Crippen LogP contribution in [0.4, 0.5) is 0 Å². The Morgan fingerprint density at radius 1 is 0.400 bits per heavy atom. The number of nitrogens with zero attached hydrogens (tertiary/aromatic N) is 2. The Kier molecular flexibility index (Phi) is 21.6. The van der Waals surface area contributed by atoms with Crippen LogP contribution in [0.3, 0.4) is 0 Å². The van der Waals surface area contributed by atoms with Crippen LogP contribution >= 0.6 is 31.9 Å². The molecule has 0 fully saturated rings. The Labute approximate surface area is 323 Å². The van der Waals surface area contributed by atoms with Crippen LogP contribution in [-0.4, -0.2) is 10.7 Å². The van der Waals surface area contributed by atoms with Gasteiger partial charge in [0.1, 0.15) is 13.1 Å². The Hall–Kier alpha value is -2.30. The summed E-state index contributed by atoms with van der Waals surface area (Å²) in [4.78, 5) is 0. The van der Waals surface area contributed by atoms with Crippen LogP contribution in [0.1, 0.15) is 122 Å². The van der Waals surface area contributed by atoms with Crippen molar-refractivity contribution < 1.29 is 9.13 Å². The molecule has 0 amide bonds. The zero-order chi connectivity index (χ0) is 35.8. The maximum absolute atomic E-state index is 3.49. The minimum atomic E-state index is 1.13. The summed E-state index contributed by atoms with van der Waals surface area (Å²) in [7, 11) is 0. The van der Waals surface area contributed by atoms with E-state index in [2.05, 4.69) is 154 Å². The first kappa shape index (κ1) is 42.1. The molecular weight excluding hydrogens is 740 g/mol. The molecule has 0 saturated heterocycles. The molecule has 2 aromatic carbocycles. The molecule has 0 unspecified atom stereocenters. The largest absolute Gasteiger partial charge is 0.203 e. The Balaban J connectivity index is 0.000000319. The summed E-state index contributed by atoms with van der Waals surface area (Å²) in [6.07, 6.45) is 24.9. The van der Waals surface area contributed by atoms with Gasteiger partial charge in [-0.1, -0.05) is 93.2 Å². The van der Waals surface area contributed by atoms with Gasteiger partial charge in [0.25, 0.3) is 0 Å². The van der Waals surface area contributed by atoms with Gasteiger partial charge in [0.2, 0.25) is 0 Å². The summed E-state index contributed by atoms with van der Waals surface area (Å²) in [6, 6.07) is 27.4. The highest BCUT2D eigenvalue weighted by atomic mass is 79.9. The molecular formula is C46H66Br2N2+2. The standard InChI is InChI=1S/C30H42N2.C16H24Br2/c1-25-16-20-31(27(3)22-25)18-9-5-7-12-29-14-11-15-30(24-29)13-8-6-10-19-32-21-17-26(2)23-28(32)4;17-12-5-1-3-8-15-10-7-11-16(14-15)9-4-2-6-13-18/h11,14-17,20-24H,5-10,12-13,18-19H2,1-4H3;7,10-11,14H,1-6,8-9,12-13H2/q+2;. The van der Waals surface area contributed by atoms with E-state index in [9.17, 15) is 0 Å². The topological polar surface area (TPSA) is 7.76 Å². The minimum Gasteiger partial charge on any atom is -0.203 e. The summed E-state index contributed by atoms with van der Waals surface area (Å²) < 4.78 is 4.76. The number of pyridine rings is 2. The third kappa shape index (κ3) is 17.8. The van der Waals surface area contributed by atoms with Crippen molar-refractivity contribution in [2.75, 3.05) is 10.7 Å². The number of hydrogen-bond donors (Lipinski definition) is 0. The average molecular weight is 807 g/mol. The number of halogens is 2. The zero-order valence-electron chi connectivity index (χ0n) is 31.9. The fourth-order valence-corrected chi connectivity index (χ4v) is 7.52. The molecule has 0 radical (unpaired) electrons. The molecule has 2 heterocycles. The van der Waals surface area contributed by atoms with E-state index in [1.54, 1.807) is 0 Å². The molecule has 0 bridgehead atoms. The minimum absolute atomic E-state index is 1.13. The van der Waals surface area contributed by atoms with E-state index in [1.807, 2.05) is 0 Å². The molecule has 50 heavy (non-hydrogen) atoms. The molecule has 272 valence electrons. The van der Waals surface area contributed by atoms with E-state index in [1.165, 1.54) is 148 Å². The fourth-order valence-electron chi connectivity index (χ4n) is 6.73. The Morgan fingerprint density at radius 2 is 0.740 bits per heavy atom. The highest BCUT2D eigenvalue weighted by Gasteiger charge is 2.07. The average Bonchev–Trinajstić information content (AvgIpc) is 3.11. The number of benzene rings is 2. The first-order valence-electron chi connectivity index (χ1n) is 19.6. The van der Waals surface area contributed by atoms with Gasteiger partial charge in [0.05, 0.1) is 0 Å². The van der Waals surface area contributed by atoms with Gasteiger partial charge in [0, 0.05) is 61.6 Å². The number of aromatic nitrogens is 2. The number of aryl methyl sites for hydroxylation is 10. The van der Waals surface area contributed by atoms with Crippen LogP contribution in [0, 0.1) is 27.7 Å². The molecule has 4 aromatic rings. The molecule has 4 rings (SSSR count). The van der Waals surface area contributed by atoms with Crippen LogP contribution in [-0.2, 0) is 38.8 Å². The lowest BCUT2D eigenvalue weighted by Crippen LogP contribution is -2.36. The molecule has 4 heteroatoms. The molecule has 0 atom stereocenters. The van der Waals surface area contributed by atoms with E-state index < -0.39 is 0 Å². The van der Waals surface area contributed by atoms with Gasteiger partial charge in [-0.3, -0.25) is 0 Å². The van der Waals surface area contributed by atoms with Crippen molar-refractivity contribution in [3.63, 3.8) is 0 Å². The second kappa shape index (κ2) is 25.6. The quantitative estimate of drug-likeness (QED) is 0.0425. The van der Waals surface area contributed by atoms with Crippen LogP contribution in [0.2, 0.25) is 0 Å². The van der Waals surface area contributed by atoms with Crippen LogP contribution in [0.5, 0.6) is 0 Å². The summed E-state index contributed by atoms with van der Waals surface area (Å²) in [6.45, 7) is 11.0. The summed E-state index contributed by atoms with van der Waals surface area (Å²) in [5.74, 6) is 0. The van der Waals surface area contributed by atoms with Crippen molar-refractivity contribution >= 4 is 31.9 Å². The van der Waals surface area contributed by atoms with Gasteiger partial charge in [-0.05, 0) is 124 Å². The van der Waals surface area contributed by atoms with Gasteiger partial charge >= 0.3 is 0 Å². The predicted octanol–water partition coefficient (Wildman–Crippen LogP) is 12.2. The third-order valence-corrected chi connectivity index (χ3v) is 10.8. The van der Waals surface area contributed by atoms with Gasteiger partial charge in [-0.15, -0.1) is 0 Å². The highest BCUT2D eigenvalue weighted by molar-refractivity contribution is 9.09. The monoisotopic (exact) mass is 804 g/mol. The van der Waals surface area contributed by atoms with Gasteiger partial charge in [-0.25, -0.2) is 9.13 Å². The number of rotatable bonds is 22. The second-order valence-electron chi connectivity index (χ2n) is 14.3. The molecule has 2 aromatic heterocycles. The molecule has 0 aliphatic rings. The zero-order valence-corrected chi connectivity index (χ0v) is 35.0. The molecule has 0 N–H and O–H groups in total. The SMILES string of the molecule is BrCCCCCc1cccc(CCCCCBr)c1.Cc1cc[n+](CCCCCc2cccc(CCCCC[n+]3ccc(C)cc3C)c2)c(C)c1. The third-order valence-electron chi connectivity index (χ3n) is 9.72. The van der Waals surface area contributed by atoms with Crippen molar-refractivity contribution in [1.29, 1.82) is 0 Å². The van der Waals surface area contributed by atoms with E-state index >= 15 is 0 Å². The number of hydrogen-bond acceptors (Lipinski definition) is 0. The lowest BCUT2D eigenvalue weighted by molar-refractivity contribution is -0.703. The van der Waals surface area contributed by atoms with E-state index in [4.69, 9.17) is 0 Å². The number of alkyl halides is 2. The first-order valence-corrected chi connectivity index (χ1v) is 21.8. The summed E-state index contributed by atoms with van der Waals surface area (Å²) in [5.41, 5.74) is 11.5. The van der Waals surface area contributed by atoms with E-state index in [-0.39, 0.29) is 0 Å². The highest BCUT2D eigenvalue weighted by Crippen LogP contribution is 2.15. The predicted molar refractivity (Wildman–Crippen MR) is 223 cm³/mol. The van der Waals surface area contributed by atoms with E-state index in [0.717, 1.165) is 23.7 Å². The maximum Gasteiger partial charge on any atom is 0.178 e. The van der Waals surface area contributed by atoms with Gasteiger partial charge in [0.15, 0.2) is 23.8 Å². The normalized spacial score (nSPS) is 11.0. The summed E-state index contributed by atoms with van der Waals surface area (Å²) >= 11 is 6.97. The van der Waals surface area contributed by atoms with Crippen molar-refractivity contribution in [3.05, 3.63) is 130 Å². The Bertz CT molecular complexity index is 1390. The van der Waals surface area contributed by atoms with Crippen molar-refractivity contribution in [2.45, 2.75) is 144 Å². The van der Waals surface area contributed by atoms with Crippen molar-refractivity contribution in [3.8, 4) is 0 Å². The lowest BCUT2D eigenvalue weighted by Gasteiger charge is -2.06. The lowest BCUT2D eigenvalue weighted by atomic mass is 10.0. The Morgan fingerprint density at radius 3 is 1.06 bits per heavy atom. The maximum atomic E-state index is 3.49. The molecule has 0 aliphatic carbocycles. The second-order valence-corrected chi connectivity index (χ2v) is 15.9. The number of unbranched alkanes of at least 4 members (excludes halogenated alkanes) is 8. The van der Waals surface area contributed by atoms with Crippen molar-refractivity contribution in [2.24, 2.45) is 0 Å². The van der Waals surface area contributed by atoms with Crippen LogP contribution < -0.4 is 9.13 Å². The van der Waals surface area contributed by atoms with Gasteiger partial charge < -0.3 is 0 Å². The van der Waals surface area contributed by atoms with E-state index in [0.29, 0.717) is 0 Å². The molecule has 0 spiro atoms. The van der Waals surface area contributed by atoms with Crippen molar-refractivity contribution in [1.82, 2.24) is 0 Å². The van der Waals surface area contributed by atoms with Crippen LogP contribution in [0.25, 0.3) is 0 Å². The molecule has 0 aliphatic heterocycles. The summed E-state index contributed by atoms with van der Waals surface area (Å²) in [5, 5.41) is 2.28. The smallest absolute Gasteiger partial charge is 0.178 e. The molecule has 0 saturated carbocycles. The van der Waals surface area contributed by atoms with Crippen LogP contribution in [0.15, 0.2) is 85.2 Å². The fraction of sp³-hybridized carbons (Fsp3) is 0.522.